The monoisotopic (exact) mass is 839 g/mol. The van der Waals surface area contributed by atoms with Gasteiger partial charge in [-0.25, -0.2) is 0 Å². The Kier molecular flexibility index (Phi) is 40.2. The first-order valence-electron chi connectivity index (χ1n) is 24.4. The van der Waals surface area contributed by atoms with Crippen LogP contribution in [0, 0.1) is 0 Å². The fourth-order valence-corrected chi connectivity index (χ4v) is 7.67. The van der Waals surface area contributed by atoms with Crippen LogP contribution in [0.1, 0.15) is 219 Å². The van der Waals surface area contributed by atoms with Gasteiger partial charge < -0.3 is 28.8 Å². The molecule has 3 unspecified atom stereocenters. The Morgan fingerprint density at radius 1 is 0.603 bits per heavy atom. The zero-order chi connectivity index (χ0) is 42.8. The van der Waals surface area contributed by atoms with Crippen molar-refractivity contribution in [3.05, 3.63) is 36.5 Å². The van der Waals surface area contributed by atoms with E-state index in [1.54, 1.807) is 6.08 Å². The number of nitrogens with one attached hydrogen (secondary N) is 1. The third kappa shape index (κ3) is 42.8. The van der Waals surface area contributed by atoms with E-state index in [1.165, 1.54) is 135 Å². The van der Waals surface area contributed by atoms with Crippen molar-refractivity contribution in [3.8, 4) is 0 Å². The van der Waals surface area contributed by atoms with Gasteiger partial charge in [0.05, 0.1) is 39.9 Å². The molecular weight excluding hydrogens is 744 g/mol. The number of carbonyl (C=O) groups is 1. The number of unbranched alkanes of at least 4 members (excludes halogenated alkanes) is 27. The molecule has 8 nitrogen and oxygen atoms in total. The van der Waals surface area contributed by atoms with E-state index in [-0.39, 0.29) is 19.1 Å². The lowest BCUT2D eigenvalue weighted by Crippen LogP contribution is -2.45. The SMILES string of the molecule is CCCCCC/C=C\C/C=C\CCCCCCCC(=O)NC(COP(=O)([O-])OCC[N+](C)(C)C)C(O)/C=C/CCCCCCCCCCCCCCCCCCCC. The molecule has 2 N–H and O–H groups in total. The standard InChI is InChI=1S/C49H95N2O6P/c1-6-8-10-12-14-16-18-20-22-24-25-26-27-28-30-32-34-36-38-40-42-48(52)47(46-57-58(54,55)56-45-44-51(3,4)5)50-49(53)43-41-39-37-35-33-31-29-23-21-19-17-15-13-11-9-7-2/h17,19,23,29,40,42,47-48,52H,6-16,18,20-22,24-28,30-39,41,43-46H2,1-5H3,(H-,50,53,54,55)/b19-17-,29-23-,42-40+. The van der Waals surface area contributed by atoms with Crippen molar-refractivity contribution in [3.63, 3.8) is 0 Å². The minimum absolute atomic E-state index is 0.00392. The second kappa shape index (κ2) is 41.1. The smallest absolute Gasteiger partial charge is 0.268 e. The number of quaternary nitrogens is 1. The summed E-state index contributed by atoms with van der Waals surface area (Å²) >= 11 is 0. The predicted octanol–water partition coefficient (Wildman–Crippen LogP) is 13.2. The van der Waals surface area contributed by atoms with E-state index in [0.717, 1.165) is 64.2 Å². The molecule has 0 aliphatic rings. The van der Waals surface area contributed by atoms with Gasteiger partial charge >= 0.3 is 0 Å². The molecule has 1 amide bonds. The molecule has 3 atom stereocenters. The Labute approximate surface area is 359 Å². The Morgan fingerprint density at radius 2 is 1.00 bits per heavy atom. The summed E-state index contributed by atoms with van der Waals surface area (Å²) in [4.78, 5) is 25.3. The van der Waals surface area contributed by atoms with Gasteiger partial charge in [-0.3, -0.25) is 9.36 Å². The van der Waals surface area contributed by atoms with Crippen molar-refractivity contribution in [2.75, 3.05) is 40.9 Å². The highest BCUT2D eigenvalue weighted by atomic mass is 31.2. The molecule has 0 aromatic heterocycles. The second-order valence-electron chi connectivity index (χ2n) is 17.8. The molecular formula is C49H95N2O6P. The average Bonchev–Trinajstić information content (AvgIpc) is 3.17. The largest absolute Gasteiger partial charge is 0.756 e. The molecule has 0 bridgehead atoms. The highest BCUT2D eigenvalue weighted by Crippen LogP contribution is 2.38. The van der Waals surface area contributed by atoms with Crippen LogP contribution in [0.3, 0.4) is 0 Å². The van der Waals surface area contributed by atoms with E-state index in [0.29, 0.717) is 17.4 Å². The van der Waals surface area contributed by atoms with Crippen molar-refractivity contribution in [1.82, 2.24) is 5.32 Å². The minimum Gasteiger partial charge on any atom is -0.756 e. The highest BCUT2D eigenvalue weighted by molar-refractivity contribution is 7.45. The van der Waals surface area contributed by atoms with Gasteiger partial charge in [-0.05, 0) is 51.4 Å². The topological polar surface area (TPSA) is 108 Å². The van der Waals surface area contributed by atoms with E-state index in [4.69, 9.17) is 9.05 Å². The van der Waals surface area contributed by atoms with Gasteiger partial charge in [0.2, 0.25) is 5.91 Å². The van der Waals surface area contributed by atoms with Gasteiger partial charge in [0.25, 0.3) is 7.82 Å². The van der Waals surface area contributed by atoms with Crippen LogP contribution >= 0.6 is 7.82 Å². The Hall–Kier alpha value is -1.28. The number of hydrogen-bond donors (Lipinski definition) is 2. The number of allylic oxidation sites excluding steroid dienone is 5. The number of rotatable bonds is 44. The molecule has 9 heteroatoms. The predicted molar refractivity (Wildman–Crippen MR) is 247 cm³/mol. The summed E-state index contributed by atoms with van der Waals surface area (Å²) in [5.41, 5.74) is 0. The van der Waals surface area contributed by atoms with Gasteiger partial charge in [-0.1, -0.05) is 198 Å². The molecule has 0 saturated carbocycles. The fraction of sp³-hybridized carbons (Fsp3) is 0.857. The number of hydrogen-bond acceptors (Lipinski definition) is 6. The summed E-state index contributed by atoms with van der Waals surface area (Å²) in [6.07, 6.45) is 50.5. The normalized spacial score (nSPS) is 14.5. The number of carbonyl (C=O) groups excluding carboxylic acids is 1. The van der Waals surface area contributed by atoms with Crippen LogP contribution in [-0.2, 0) is 18.4 Å². The fourth-order valence-electron chi connectivity index (χ4n) is 6.95. The molecule has 0 heterocycles. The minimum atomic E-state index is -4.59. The van der Waals surface area contributed by atoms with Crippen LogP contribution in [0.4, 0.5) is 0 Å². The number of likely N-dealkylation sites (N-methyl/N-ethyl adjacent to an activating group) is 1. The first-order valence-corrected chi connectivity index (χ1v) is 25.8. The maximum Gasteiger partial charge on any atom is 0.268 e. The van der Waals surface area contributed by atoms with E-state index in [1.807, 2.05) is 27.2 Å². The number of aliphatic hydroxyl groups is 1. The Morgan fingerprint density at radius 3 is 1.45 bits per heavy atom. The second-order valence-corrected chi connectivity index (χ2v) is 19.2. The molecule has 0 aromatic carbocycles. The van der Waals surface area contributed by atoms with Crippen LogP contribution in [-0.4, -0.2) is 68.5 Å². The van der Waals surface area contributed by atoms with Crippen LogP contribution in [0.5, 0.6) is 0 Å². The number of phosphoric ester groups is 1. The van der Waals surface area contributed by atoms with E-state index >= 15 is 0 Å². The van der Waals surface area contributed by atoms with E-state index in [2.05, 4.69) is 43.5 Å². The molecule has 0 aliphatic carbocycles. The first kappa shape index (κ1) is 56.7. The lowest BCUT2D eigenvalue weighted by atomic mass is 10.0. The molecule has 0 fully saturated rings. The van der Waals surface area contributed by atoms with Crippen molar-refractivity contribution >= 4 is 13.7 Å². The Bertz CT molecular complexity index is 1040. The van der Waals surface area contributed by atoms with Gasteiger partial charge in [-0.2, -0.15) is 0 Å². The summed E-state index contributed by atoms with van der Waals surface area (Å²) in [6.45, 7) is 4.63. The molecule has 58 heavy (non-hydrogen) atoms. The van der Waals surface area contributed by atoms with Crippen LogP contribution in [0.25, 0.3) is 0 Å². The molecule has 0 radical (unpaired) electrons. The van der Waals surface area contributed by atoms with E-state index < -0.39 is 20.0 Å². The van der Waals surface area contributed by atoms with Crippen LogP contribution in [0.2, 0.25) is 0 Å². The zero-order valence-corrected chi connectivity index (χ0v) is 39.6. The lowest BCUT2D eigenvalue weighted by molar-refractivity contribution is -0.870. The summed E-state index contributed by atoms with van der Waals surface area (Å²) in [5.74, 6) is -0.211. The van der Waals surface area contributed by atoms with Gasteiger partial charge in [-0.15, -0.1) is 0 Å². The van der Waals surface area contributed by atoms with Gasteiger partial charge in [0, 0.05) is 6.42 Å². The highest BCUT2D eigenvalue weighted by Gasteiger charge is 2.23. The first-order chi connectivity index (χ1) is 28.0. The van der Waals surface area contributed by atoms with Crippen LogP contribution in [0.15, 0.2) is 36.5 Å². The van der Waals surface area contributed by atoms with E-state index in [9.17, 15) is 19.4 Å². The third-order valence-electron chi connectivity index (χ3n) is 10.8. The molecule has 0 saturated heterocycles. The molecule has 0 aromatic rings. The van der Waals surface area contributed by atoms with Crippen molar-refractivity contribution in [2.24, 2.45) is 0 Å². The number of phosphoric acid groups is 1. The molecule has 0 spiro atoms. The average molecular weight is 839 g/mol. The molecule has 0 aliphatic heterocycles. The number of nitrogens with zero attached hydrogens (tertiary/aromatic N) is 1. The summed E-state index contributed by atoms with van der Waals surface area (Å²) in [6, 6.07) is -0.893. The zero-order valence-electron chi connectivity index (χ0n) is 38.8. The summed E-state index contributed by atoms with van der Waals surface area (Å²) in [7, 11) is 1.25. The summed E-state index contributed by atoms with van der Waals surface area (Å²) < 4.78 is 23.2. The van der Waals surface area contributed by atoms with Crippen molar-refractivity contribution < 1.29 is 32.9 Å². The number of aliphatic hydroxyl groups excluding tert-OH is 1. The van der Waals surface area contributed by atoms with Crippen molar-refractivity contribution in [1.29, 1.82) is 0 Å². The Balaban J connectivity index is 4.38. The molecule has 342 valence electrons. The molecule has 0 rings (SSSR count). The van der Waals surface area contributed by atoms with Crippen LogP contribution < -0.4 is 10.2 Å². The number of amides is 1. The maximum absolute atomic E-state index is 12.9. The van der Waals surface area contributed by atoms with Crippen molar-refractivity contribution in [2.45, 2.75) is 231 Å². The lowest BCUT2D eigenvalue weighted by Gasteiger charge is -2.29. The summed E-state index contributed by atoms with van der Waals surface area (Å²) in [5, 5.41) is 13.8. The van der Waals surface area contributed by atoms with Gasteiger partial charge in [0.1, 0.15) is 13.2 Å². The quantitative estimate of drug-likeness (QED) is 0.0274. The third-order valence-corrected chi connectivity index (χ3v) is 11.8. The maximum atomic E-state index is 12.9. The van der Waals surface area contributed by atoms with Gasteiger partial charge in [0.15, 0.2) is 0 Å².